The van der Waals surface area contributed by atoms with E-state index >= 15 is 0 Å². The summed E-state index contributed by atoms with van der Waals surface area (Å²) < 4.78 is 5.53. The number of piperidine rings is 2. The normalized spacial score (nSPS) is 25.9. The summed E-state index contributed by atoms with van der Waals surface area (Å²) in [5, 5.41) is 10.7. The van der Waals surface area contributed by atoms with Crippen molar-refractivity contribution >= 4 is 29.1 Å². The molecule has 2 saturated heterocycles. The molecule has 1 saturated carbocycles. The van der Waals surface area contributed by atoms with E-state index in [0.717, 1.165) is 67.5 Å². The molecule has 2 aromatic heterocycles. The third-order valence-electron chi connectivity index (χ3n) is 8.23. The lowest BCUT2D eigenvalue weighted by atomic mass is 9.81. The molecule has 6 rings (SSSR count). The number of anilines is 3. The van der Waals surface area contributed by atoms with E-state index in [1.165, 1.54) is 24.8 Å². The fraction of sp³-hybridized carbons (Fsp3) is 0.630. The number of rotatable bonds is 7. The number of H-pyrrole nitrogens is 1. The van der Waals surface area contributed by atoms with Gasteiger partial charge in [0.25, 0.3) is 0 Å². The van der Waals surface area contributed by atoms with Gasteiger partial charge in [-0.3, -0.25) is 9.89 Å². The molecule has 0 spiro atoms. The minimum Gasteiger partial charge on any atom is -0.377 e. The topological polar surface area (TPSA) is 99.3 Å². The lowest BCUT2D eigenvalue weighted by Gasteiger charge is -2.50. The first-order valence-electron chi connectivity index (χ1n) is 13.5. The molecular weight excluding hydrogens is 454 g/mol. The van der Waals surface area contributed by atoms with Crippen LogP contribution in [0.25, 0.3) is 5.57 Å². The number of hydrogen-bond acceptors (Lipinski definition) is 7. The Kier molecular flexibility index (Phi) is 6.41. The maximum absolute atomic E-state index is 13.1. The minimum atomic E-state index is 0.310. The third kappa shape index (κ3) is 4.98. The van der Waals surface area contributed by atoms with Crippen molar-refractivity contribution < 1.29 is 9.53 Å². The SMILES string of the molecule is Cc1cc(Nc2cc(C3=CCOCC3)nc(N(C)C3C[C@H]4CCC[C@@H](C3)N4C(=O)CC3CC3)n2)n[nH]1. The second-order valence-corrected chi connectivity index (χ2v) is 11.0. The Labute approximate surface area is 212 Å². The predicted octanol–water partition coefficient (Wildman–Crippen LogP) is 4.20. The summed E-state index contributed by atoms with van der Waals surface area (Å²) in [6.07, 6.45) is 11.6. The quantitative estimate of drug-likeness (QED) is 0.599. The number of aromatic nitrogens is 4. The van der Waals surface area contributed by atoms with Gasteiger partial charge in [-0.1, -0.05) is 6.08 Å². The summed E-state index contributed by atoms with van der Waals surface area (Å²) in [5.41, 5.74) is 3.12. The zero-order valence-electron chi connectivity index (χ0n) is 21.4. The standard InChI is InChI=1S/C27H37N7O2/c1-17-12-25(32-31-17)29-24-16-23(19-8-10-36-11-9-19)28-27(30-24)33(2)22-14-20-4-3-5-21(15-22)34(20)26(35)13-18-6-7-18/h8,12,16,18,20-22H,3-7,9-11,13-15H2,1-2H3,(H2,28,29,30,31,32)/t20-,21+,22?. The highest BCUT2D eigenvalue weighted by atomic mass is 16.5. The van der Waals surface area contributed by atoms with Crippen molar-refractivity contribution in [3.8, 4) is 0 Å². The summed E-state index contributed by atoms with van der Waals surface area (Å²) in [6, 6.07) is 4.95. The lowest BCUT2D eigenvalue weighted by Crippen LogP contribution is -2.58. The Hall–Kier alpha value is -2.94. The molecule has 2 aromatic rings. The van der Waals surface area contributed by atoms with Crippen LogP contribution in [0.15, 0.2) is 18.2 Å². The van der Waals surface area contributed by atoms with Crippen molar-refractivity contribution in [3.63, 3.8) is 0 Å². The minimum absolute atomic E-state index is 0.310. The number of carbonyl (C=O) groups is 1. The van der Waals surface area contributed by atoms with E-state index in [0.29, 0.717) is 43.2 Å². The largest absolute Gasteiger partial charge is 0.377 e. The maximum Gasteiger partial charge on any atom is 0.227 e. The Bertz CT molecular complexity index is 1130. The van der Waals surface area contributed by atoms with Crippen LogP contribution in [0.4, 0.5) is 17.6 Å². The molecule has 2 N–H and O–H groups in total. The second kappa shape index (κ2) is 9.84. The number of ether oxygens (including phenoxy) is 1. The van der Waals surface area contributed by atoms with Crippen LogP contribution in [0.5, 0.6) is 0 Å². The number of aromatic amines is 1. The predicted molar refractivity (Wildman–Crippen MR) is 139 cm³/mol. The zero-order chi connectivity index (χ0) is 24.6. The van der Waals surface area contributed by atoms with Crippen LogP contribution in [0, 0.1) is 12.8 Å². The van der Waals surface area contributed by atoms with E-state index in [4.69, 9.17) is 14.7 Å². The molecule has 1 amide bonds. The van der Waals surface area contributed by atoms with Crippen molar-refractivity contribution in [1.29, 1.82) is 0 Å². The van der Waals surface area contributed by atoms with Gasteiger partial charge in [0.05, 0.1) is 18.9 Å². The Balaban J connectivity index is 1.25. The molecule has 2 bridgehead atoms. The molecule has 4 aliphatic rings. The zero-order valence-corrected chi connectivity index (χ0v) is 21.4. The number of carbonyl (C=O) groups excluding carboxylic acids is 1. The van der Waals surface area contributed by atoms with Gasteiger partial charge in [0.15, 0.2) is 5.82 Å². The molecule has 192 valence electrons. The average Bonchev–Trinajstić information content (AvgIpc) is 3.61. The van der Waals surface area contributed by atoms with Gasteiger partial charge in [-0.05, 0) is 69.8 Å². The average molecular weight is 492 g/mol. The molecule has 5 heterocycles. The molecule has 1 unspecified atom stereocenters. The Morgan fingerprint density at radius 3 is 2.64 bits per heavy atom. The number of hydrogen-bond donors (Lipinski definition) is 2. The van der Waals surface area contributed by atoms with E-state index in [2.05, 4.69) is 38.4 Å². The first-order valence-corrected chi connectivity index (χ1v) is 13.5. The van der Waals surface area contributed by atoms with Crippen LogP contribution in [0.1, 0.15) is 69.2 Å². The van der Waals surface area contributed by atoms with Crippen LogP contribution >= 0.6 is 0 Å². The molecule has 3 aliphatic heterocycles. The number of aryl methyl sites for hydroxylation is 1. The highest BCUT2D eigenvalue weighted by Gasteiger charge is 2.43. The summed E-state index contributed by atoms with van der Waals surface area (Å²) in [7, 11) is 2.11. The van der Waals surface area contributed by atoms with Crippen LogP contribution in [-0.2, 0) is 9.53 Å². The molecule has 1 aliphatic carbocycles. The van der Waals surface area contributed by atoms with Crippen LogP contribution in [-0.4, -0.2) is 69.4 Å². The van der Waals surface area contributed by atoms with E-state index in [-0.39, 0.29) is 0 Å². The monoisotopic (exact) mass is 491 g/mol. The smallest absolute Gasteiger partial charge is 0.227 e. The fourth-order valence-corrected chi connectivity index (χ4v) is 6.11. The molecule has 36 heavy (non-hydrogen) atoms. The molecule has 0 aromatic carbocycles. The van der Waals surface area contributed by atoms with Crippen molar-refractivity contribution in [1.82, 2.24) is 25.1 Å². The summed E-state index contributed by atoms with van der Waals surface area (Å²) >= 11 is 0. The van der Waals surface area contributed by atoms with Crippen LogP contribution in [0.2, 0.25) is 0 Å². The molecule has 0 radical (unpaired) electrons. The molecule has 9 nitrogen and oxygen atoms in total. The summed E-state index contributed by atoms with van der Waals surface area (Å²) in [6.45, 7) is 3.30. The molecular formula is C27H37N7O2. The third-order valence-corrected chi connectivity index (χ3v) is 8.23. The van der Waals surface area contributed by atoms with Gasteiger partial charge in [0, 0.05) is 49.4 Å². The fourth-order valence-electron chi connectivity index (χ4n) is 6.11. The molecule has 3 atom stereocenters. The van der Waals surface area contributed by atoms with Gasteiger partial charge < -0.3 is 19.9 Å². The van der Waals surface area contributed by atoms with E-state index in [9.17, 15) is 4.79 Å². The number of amides is 1. The molecule has 9 heteroatoms. The van der Waals surface area contributed by atoms with E-state index in [1.54, 1.807) is 0 Å². The lowest BCUT2D eigenvalue weighted by molar-refractivity contribution is -0.141. The second-order valence-electron chi connectivity index (χ2n) is 11.0. The van der Waals surface area contributed by atoms with Gasteiger partial charge in [0.1, 0.15) is 5.82 Å². The number of nitrogens with one attached hydrogen (secondary N) is 2. The maximum atomic E-state index is 13.1. The van der Waals surface area contributed by atoms with Crippen molar-refractivity contribution in [3.05, 3.63) is 29.6 Å². The molecule has 3 fully saturated rings. The van der Waals surface area contributed by atoms with Crippen LogP contribution in [0.3, 0.4) is 0 Å². The van der Waals surface area contributed by atoms with Gasteiger partial charge in [0.2, 0.25) is 11.9 Å². The number of nitrogens with zero attached hydrogens (tertiary/aromatic N) is 5. The Morgan fingerprint density at radius 1 is 1.17 bits per heavy atom. The number of fused-ring (bicyclic) bond motifs is 2. The van der Waals surface area contributed by atoms with Gasteiger partial charge in [-0.15, -0.1) is 0 Å². The van der Waals surface area contributed by atoms with Crippen molar-refractivity contribution in [2.45, 2.75) is 82.8 Å². The summed E-state index contributed by atoms with van der Waals surface area (Å²) in [5.74, 6) is 3.22. The van der Waals surface area contributed by atoms with E-state index in [1.807, 2.05) is 19.1 Å². The Morgan fingerprint density at radius 2 is 1.97 bits per heavy atom. The van der Waals surface area contributed by atoms with Crippen molar-refractivity contribution in [2.24, 2.45) is 5.92 Å². The first kappa shape index (κ1) is 23.5. The van der Waals surface area contributed by atoms with Crippen LogP contribution < -0.4 is 10.2 Å². The van der Waals surface area contributed by atoms with Gasteiger partial charge in [-0.25, -0.2) is 4.98 Å². The van der Waals surface area contributed by atoms with Gasteiger partial charge >= 0.3 is 0 Å². The highest BCUT2D eigenvalue weighted by Crippen LogP contribution is 2.40. The summed E-state index contributed by atoms with van der Waals surface area (Å²) in [4.78, 5) is 27.5. The van der Waals surface area contributed by atoms with Gasteiger partial charge in [-0.2, -0.15) is 10.1 Å². The highest BCUT2D eigenvalue weighted by molar-refractivity contribution is 5.78. The van der Waals surface area contributed by atoms with E-state index < -0.39 is 0 Å². The van der Waals surface area contributed by atoms with Crippen molar-refractivity contribution in [2.75, 3.05) is 30.5 Å². The first-order chi connectivity index (χ1) is 17.5.